The third-order valence-electron chi connectivity index (χ3n) is 2.85. The highest BCUT2D eigenvalue weighted by Crippen LogP contribution is 2.22. The van der Waals surface area contributed by atoms with Crippen molar-refractivity contribution in [3.8, 4) is 0 Å². The van der Waals surface area contributed by atoms with Gasteiger partial charge in [0.2, 0.25) is 0 Å². The van der Waals surface area contributed by atoms with Crippen LogP contribution < -0.4 is 9.80 Å². The Morgan fingerprint density at radius 1 is 1.11 bits per heavy atom. The van der Waals surface area contributed by atoms with Crippen molar-refractivity contribution in [1.29, 1.82) is 0 Å². The molecule has 0 spiro atoms. The summed E-state index contributed by atoms with van der Waals surface area (Å²) in [5, 5.41) is 0.621. The molecule has 0 radical (unpaired) electrons. The molecule has 2 heterocycles. The molecule has 0 saturated carbocycles. The maximum absolute atomic E-state index is 5.99. The van der Waals surface area contributed by atoms with Crippen LogP contribution in [0.25, 0.3) is 0 Å². The van der Waals surface area contributed by atoms with Crippen molar-refractivity contribution in [2.24, 2.45) is 7.05 Å². The van der Waals surface area contributed by atoms with E-state index in [2.05, 4.69) is 15.0 Å². The van der Waals surface area contributed by atoms with Crippen molar-refractivity contribution in [2.75, 3.05) is 30.9 Å². The Kier molecular flexibility index (Phi) is 3.90. The molecule has 0 aromatic carbocycles. The van der Waals surface area contributed by atoms with Gasteiger partial charge >= 0.3 is 0 Å². The van der Waals surface area contributed by atoms with Crippen molar-refractivity contribution >= 4 is 23.2 Å². The van der Waals surface area contributed by atoms with Crippen LogP contribution in [0.2, 0.25) is 5.15 Å². The second-order valence-electron chi connectivity index (χ2n) is 4.51. The molecule has 7 heteroatoms. The first-order chi connectivity index (χ1) is 9.00. The van der Waals surface area contributed by atoms with Gasteiger partial charge in [-0.2, -0.15) is 0 Å². The summed E-state index contributed by atoms with van der Waals surface area (Å²) in [6, 6.07) is 0. The predicted octanol–water partition coefficient (Wildman–Crippen LogP) is 1.57. The van der Waals surface area contributed by atoms with Crippen LogP contribution in [-0.2, 0) is 13.6 Å². The Hall–Kier alpha value is -1.82. The number of imidazole rings is 1. The standard InChI is InChI=1S/C12H17ClN6/c1-17(2)11-12(15-6-5-14-11)18(3)8-10-16-7-9(13)19(10)4/h5-7H,8H2,1-4H3. The van der Waals surface area contributed by atoms with E-state index >= 15 is 0 Å². The van der Waals surface area contributed by atoms with Gasteiger partial charge in [-0.25, -0.2) is 15.0 Å². The molecular formula is C12H17ClN6. The average Bonchev–Trinajstić information content (AvgIpc) is 2.70. The summed E-state index contributed by atoms with van der Waals surface area (Å²) in [6.07, 6.45) is 5.02. The highest BCUT2D eigenvalue weighted by atomic mass is 35.5. The minimum atomic E-state index is 0.614. The molecule has 0 aliphatic heterocycles. The Morgan fingerprint density at radius 2 is 1.74 bits per heavy atom. The first-order valence-corrected chi connectivity index (χ1v) is 6.24. The van der Waals surface area contributed by atoms with E-state index in [0.717, 1.165) is 17.5 Å². The molecule has 2 rings (SSSR count). The lowest BCUT2D eigenvalue weighted by Gasteiger charge is -2.22. The SMILES string of the molecule is CN(C)c1nccnc1N(C)Cc1ncc(Cl)n1C. The fourth-order valence-corrected chi connectivity index (χ4v) is 1.91. The molecule has 6 nitrogen and oxygen atoms in total. The number of anilines is 2. The van der Waals surface area contributed by atoms with Crippen molar-refractivity contribution in [3.05, 3.63) is 29.6 Å². The van der Waals surface area contributed by atoms with Gasteiger partial charge in [0.1, 0.15) is 11.0 Å². The van der Waals surface area contributed by atoms with Gasteiger partial charge in [-0.1, -0.05) is 11.6 Å². The van der Waals surface area contributed by atoms with Crippen LogP contribution >= 0.6 is 11.6 Å². The molecule has 0 fully saturated rings. The summed E-state index contributed by atoms with van der Waals surface area (Å²) in [5.41, 5.74) is 0. The molecule has 0 atom stereocenters. The minimum Gasteiger partial charge on any atom is -0.360 e. The van der Waals surface area contributed by atoms with Crippen LogP contribution in [0.4, 0.5) is 11.6 Å². The fraction of sp³-hybridized carbons (Fsp3) is 0.417. The van der Waals surface area contributed by atoms with Crippen LogP contribution in [0.3, 0.4) is 0 Å². The molecule has 19 heavy (non-hydrogen) atoms. The summed E-state index contributed by atoms with van der Waals surface area (Å²) in [7, 11) is 7.74. The predicted molar refractivity (Wildman–Crippen MR) is 76.7 cm³/mol. The number of rotatable bonds is 4. The van der Waals surface area contributed by atoms with Gasteiger partial charge in [0.05, 0.1) is 12.7 Å². The lowest BCUT2D eigenvalue weighted by atomic mass is 10.4. The molecule has 0 aliphatic carbocycles. The lowest BCUT2D eigenvalue weighted by molar-refractivity contribution is 0.753. The second-order valence-corrected chi connectivity index (χ2v) is 4.90. The zero-order valence-corrected chi connectivity index (χ0v) is 12.3. The lowest BCUT2D eigenvalue weighted by Crippen LogP contribution is -2.24. The van der Waals surface area contributed by atoms with Crippen molar-refractivity contribution in [2.45, 2.75) is 6.54 Å². The topological polar surface area (TPSA) is 50.1 Å². The van der Waals surface area contributed by atoms with Gasteiger partial charge in [0.25, 0.3) is 0 Å². The van der Waals surface area contributed by atoms with Crippen LogP contribution in [0, 0.1) is 0 Å². The molecule has 0 amide bonds. The fourth-order valence-electron chi connectivity index (χ4n) is 1.77. The van der Waals surface area contributed by atoms with Crippen LogP contribution in [-0.4, -0.2) is 40.7 Å². The second kappa shape index (κ2) is 5.44. The minimum absolute atomic E-state index is 0.614. The van der Waals surface area contributed by atoms with Crippen LogP contribution in [0.5, 0.6) is 0 Å². The van der Waals surface area contributed by atoms with Crippen molar-refractivity contribution < 1.29 is 0 Å². The van der Waals surface area contributed by atoms with Crippen LogP contribution in [0.15, 0.2) is 18.6 Å². The maximum Gasteiger partial charge on any atom is 0.172 e. The first-order valence-electron chi connectivity index (χ1n) is 5.86. The average molecular weight is 281 g/mol. The van der Waals surface area contributed by atoms with E-state index in [1.54, 1.807) is 18.6 Å². The van der Waals surface area contributed by atoms with Crippen LogP contribution in [0.1, 0.15) is 5.82 Å². The summed E-state index contributed by atoms with van der Waals surface area (Å²) in [4.78, 5) is 16.9. The number of halogens is 1. The summed E-state index contributed by atoms with van der Waals surface area (Å²) in [6.45, 7) is 0.614. The van der Waals surface area contributed by atoms with Crippen molar-refractivity contribution in [3.63, 3.8) is 0 Å². The van der Waals surface area contributed by atoms with E-state index in [-0.39, 0.29) is 0 Å². The molecule has 2 aromatic rings. The van der Waals surface area contributed by atoms with E-state index in [1.807, 2.05) is 42.6 Å². The molecule has 0 N–H and O–H groups in total. The molecular weight excluding hydrogens is 264 g/mol. The third-order valence-corrected chi connectivity index (χ3v) is 3.20. The smallest absolute Gasteiger partial charge is 0.172 e. The van der Waals surface area contributed by atoms with Crippen molar-refractivity contribution in [1.82, 2.24) is 19.5 Å². The summed E-state index contributed by atoms with van der Waals surface area (Å²) < 4.78 is 1.85. The van der Waals surface area contributed by atoms with E-state index in [0.29, 0.717) is 11.7 Å². The summed E-state index contributed by atoms with van der Waals surface area (Å²) in [5.74, 6) is 2.51. The molecule has 102 valence electrons. The zero-order valence-electron chi connectivity index (χ0n) is 11.5. The Morgan fingerprint density at radius 3 is 2.26 bits per heavy atom. The Balaban J connectivity index is 2.25. The number of nitrogens with zero attached hydrogens (tertiary/aromatic N) is 6. The molecule has 0 aliphatic rings. The number of hydrogen-bond acceptors (Lipinski definition) is 5. The van der Waals surface area contributed by atoms with Gasteiger partial charge < -0.3 is 14.4 Å². The Labute approximate surface area is 117 Å². The van der Waals surface area contributed by atoms with Gasteiger partial charge in [-0.15, -0.1) is 0 Å². The number of aromatic nitrogens is 4. The molecule has 0 saturated heterocycles. The van der Waals surface area contributed by atoms with E-state index in [9.17, 15) is 0 Å². The van der Waals surface area contributed by atoms with Gasteiger partial charge in [-0.05, 0) is 0 Å². The molecule has 0 unspecified atom stereocenters. The zero-order chi connectivity index (χ0) is 14.0. The van der Waals surface area contributed by atoms with Gasteiger partial charge in [0.15, 0.2) is 11.6 Å². The Bertz CT molecular complexity index is 565. The largest absolute Gasteiger partial charge is 0.360 e. The molecule has 0 bridgehead atoms. The first kappa shape index (κ1) is 13.6. The van der Waals surface area contributed by atoms with Gasteiger partial charge in [0, 0.05) is 40.6 Å². The van der Waals surface area contributed by atoms with E-state index in [4.69, 9.17) is 11.6 Å². The third kappa shape index (κ3) is 2.78. The van der Waals surface area contributed by atoms with Gasteiger partial charge in [-0.3, -0.25) is 0 Å². The number of hydrogen-bond donors (Lipinski definition) is 0. The summed E-state index contributed by atoms with van der Waals surface area (Å²) >= 11 is 5.99. The van der Waals surface area contributed by atoms with E-state index < -0.39 is 0 Å². The molecule has 2 aromatic heterocycles. The highest BCUT2D eigenvalue weighted by molar-refractivity contribution is 6.29. The highest BCUT2D eigenvalue weighted by Gasteiger charge is 2.14. The normalized spacial score (nSPS) is 10.6. The maximum atomic E-state index is 5.99. The van der Waals surface area contributed by atoms with E-state index in [1.165, 1.54) is 0 Å². The monoisotopic (exact) mass is 280 g/mol. The quantitative estimate of drug-likeness (QED) is 0.851.